The molecular formula is C23H25F3N2O4. The molecule has 2 fully saturated rings. The zero-order chi connectivity index (χ0) is 23.2. The number of alkyl halides is 3. The molecule has 1 N–H and O–H groups in total. The van der Waals surface area contributed by atoms with Gasteiger partial charge in [0, 0.05) is 36.5 Å². The van der Waals surface area contributed by atoms with Gasteiger partial charge in [-0.25, -0.2) is 4.79 Å². The molecule has 172 valence electrons. The molecule has 1 aromatic heterocycles. The molecule has 1 saturated heterocycles. The molecule has 2 aromatic rings. The highest BCUT2D eigenvalue weighted by atomic mass is 19.4. The number of carboxylic acid groups (broad SMARTS) is 1. The summed E-state index contributed by atoms with van der Waals surface area (Å²) >= 11 is 0. The molecule has 1 aromatic carbocycles. The summed E-state index contributed by atoms with van der Waals surface area (Å²) < 4.78 is 37.8. The second kappa shape index (κ2) is 10.1. The van der Waals surface area contributed by atoms with Crippen molar-refractivity contribution >= 4 is 11.9 Å². The quantitative estimate of drug-likeness (QED) is 0.740. The third-order valence-corrected chi connectivity index (χ3v) is 6.00. The van der Waals surface area contributed by atoms with Crippen LogP contribution < -0.4 is 0 Å². The summed E-state index contributed by atoms with van der Waals surface area (Å²) in [5.41, 5.74) is 2.07. The lowest BCUT2D eigenvalue weighted by Crippen LogP contribution is -2.34. The number of halogens is 3. The number of carboxylic acids is 1. The molecular weight excluding hydrogens is 425 g/mol. The van der Waals surface area contributed by atoms with Crippen molar-refractivity contribution in [2.45, 2.75) is 32.0 Å². The summed E-state index contributed by atoms with van der Waals surface area (Å²) in [5.74, 6) is -2.03. The first-order valence-corrected chi connectivity index (χ1v) is 10.3. The Hall–Kier alpha value is -2.94. The van der Waals surface area contributed by atoms with Crippen LogP contribution in [0.15, 0.2) is 54.9 Å². The van der Waals surface area contributed by atoms with E-state index in [9.17, 15) is 18.0 Å². The Labute approximate surface area is 184 Å². The highest BCUT2D eigenvalue weighted by Gasteiger charge is 2.50. The van der Waals surface area contributed by atoms with E-state index in [0.29, 0.717) is 12.5 Å². The molecule has 0 radical (unpaired) electrons. The third-order valence-electron chi connectivity index (χ3n) is 6.00. The van der Waals surface area contributed by atoms with E-state index in [4.69, 9.17) is 14.6 Å². The van der Waals surface area contributed by atoms with Crippen molar-refractivity contribution in [3.05, 3.63) is 66.0 Å². The van der Waals surface area contributed by atoms with Crippen molar-refractivity contribution in [3.8, 4) is 0 Å². The number of carbonyl (C=O) groups excluding carboxylic acids is 1. The lowest BCUT2D eigenvalue weighted by Gasteiger charge is -2.28. The van der Waals surface area contributed by atoms with Crippen LogP contribution in [0.2, 0.25) is 0 Å². The fourth-order valence-corrected chi connectivity index (χ4v) is 4.42. The van der Waals surface area contributed by atoms with Crippen LogP contribution in [0.5, 0.6) is 0 Å². The Morgan fingerprint density at radius 1 is 1.16 bits per heavy atom. The van der Waals surface area contributed by atoms with Crippen molar-refractivity contribution in [1.29, 1.82) is 0 Å². The molecule has 6 nitrogen and oxygen atoms in total. The van der Waals surface area contributed by atoms with E-state index >= 15 is 0 Å². The van der Waals surface area contributed by atoms with Crippen LogP contribution in [-0.2, 0) is 16.1 Å². The number of aromatic nitrogens is 1. The average Bonchev–Trinajstić information content (AvgIpc) is 3.32. The zero-order valence-corrected chi connectivity index (χ0v) is 17.4. The molecule has 9 heteroatoms. The molecule has 1 aliphatic heterocycles. The van der Waals surface area contributed by atoms with Crippen LogP contribution in [0.3, 0.4) is 0 Å². The van der Waals surface area contributed by atoms with Gasteiger partial charge in [0.05, 0.1) is 13.2 Å². The van der Waals surface area contributed by atoms with Crippen molar-refractivity contribution < 1.29 is 32.6 Å². The van der Waals surface area contributed by atoms with Gasteiger partial charge in [-0.05, 0) is 48.6 Å². The molecule has 2 aliphatic rings. The van der Waals surface area contributed by atoms with E-state index in [1.165, 1.54) is 12.8 Å². The van der Waals surface area contributed by atoms with Crippen molar-refractivity contribution in [2.24, 2.45) is 11.3 Å². The molecule has 0 spiro atoms. The minimum Gasteiger partial charge on any atom is -0.475 e. The predicted octanol–water partition coefficient (Wildman–Crippen LogP) is 4.17. The largest absolute Gasteiger partial charge is 0.490 e. The van der Waals surface area contributed by atoms with Gasteiger partial charge in [-0.3, -0.25) is 9.78 Å². The Morgan fingerprint density at radius 2 is 1.81 bits per heavy atom. The van der Waals surface area contributed by atoms with Gasteiger partial charge in [0.25, 0.3) is 5.91 Å². The standard InChI is InChI=1S/C21H24N2O2.C2HF3O2/c24-20(18-5-2-1-3-6-18)23-13-19-7-4-10-21(19,15-23)16-25-14-17-8-11-22-12-9-17;3-2(4,5)1(6)7/h1-3,5-6,8-9,11-12,19H,4,7,10,13-16H2;(H,6,7)/t19-,21+;/m1./s1. The number of rotatable bonds is 5. The Balaban J connectivity index is 0.000000360. The third kappa shape index (κ3) is 5.85. The number of likely N-dealkylation sites (tertiary alicyclic amines) is 1. The van der Waals surface area contributed by atoms with Crippen LogP contribution >= 0.6 is 0 Å². The number of carbonyl (C=O) groups is 2. The molecule has 1 aliphatic carbocycles. The monoisotopic (exact) mass is 450 g/mol. The van der Waals surface area contributed by atoms with Gasteiger partial charge >= 0.3 is 12.1 Å². The van der Waals surface area contributed by atoms with Crippen LogP contribution in [-0.4, -0.2) is 52.7 Å². The SMILES string of the molecule is O=C(O)C(F)(F)F.O=C(c1ccccc1)N1C[C@H]2CCC[C@@]2(COCc2ccncc2)C1. The molecule has 1 amide bonds. The molecule has 2 atom stereocenters. The number of hydrogen-bond donors (Lipinski definition) is 1. The number of ether oxygens (including phenoxy) is 1. The number of benzene rings is 1. The Kier molecular flexibility index (Phi) is 7.50. The first-order valence-electron chi connectivity index (χ1n) is 10.3. The van der Waals surface area contributed by atoms with Gasteiger partial charge in [-0.2, -0.15) is 13.2 Å². The highest BCUT2D eigenvalue weighted by Crippen LogP contribution is 2.49. The minimum atomic E-state index is -5.08. The predicted molar refractivity (Wildman–Crippen MR) is 110 cm³/mol. The molecule has 0 unspecified atom stereocenters. The number of pyridine rings is 1. The smallest absolute Gasteiger partial charge is 0.475 e. The molecule has 4 rings (SSSR count). The molecule has 0 bridgehead atoms. The zero-order valence-electron chi connectivity index (χ0n) is 17.4. The summed E-state index contributed by atoms with van der Waals surface area (Å²) in [6.07, 6.45) is 2.12. The van der Waals surface area contributed by atoms with Crippen LogP contribution in [0, 0.1) is 11.3 Å². The molecule has 1 saturated carbocycles. The molecule has 32 heavy (non-hydrogen) atoms. The Bertz CT molecular complexity index is 908. The van der Waals surface area contributed by atoms with Gasteiger partial charge in [-0.15, -0.1) is 0 Å². The van der Waals surface area contributed by atoms with Gasteiger partial charge < -0.3 is 14.7 Å². The number of fused-ring (bicyclic) bond motifs is 1. The lowest BCUT2D eigenvalue weighted by atomic mass is 9.81. The fraction of sp³-hybridized carbons (Fsp3) is 0.435. The van der Waals surface area contributed by atoms with E-state index in [2.05, 4.69) is 4.98 Å². The molecule has 2 heterocycles. The number of aliphatic carboxylic acids is 1. The maximum atomic E-state index is 12.8. The maximum Gasteiger partial charge on any atom is 0.490 e. The van der Waals surface area contributed by atoms with Crippen molar-refractivity contribution in [2.75, 3.05) is 19.7 Å². The van der Waals surface area contributed by atoms with E-state index < -0.39 is 12.1 Å². The maximum absolute atomic E-state index is 12.8. The Morgan fingerprint density at radius 3 is 2.44 bits per heavy atom. The van der Waals surface area contributed by atoms with Crippen molar-refractivity contribution in [1.82, 2.24) is 9.88 Å². The number of amides is 1. The van der Waals surface area contributed by atoms with Crippen LogP contribution in [0.4, 0.5) is 13.2 Å². The second-order valence-corrected chi connectivity index (χ2v) is 8.15. The number of hydrogen-bond acceptors (Lipinski definition) is 4. The summed E-state index contributed by atoms with van der Waals surface area (Å²) in [6.45, 7) is 3.04. The summed E-state index contributed by atoms with van der Waals surface area (Å²) in [7, 11) is 0. The van der Waals surface area contributed by atoms with Crippen LogP contribution in [0.25, 0.3) is 0 Å². The van der Waals surface area contributed by atoms with Crippen LogP contribution in [0.1, 0.15) is 35.2 Å². The second-order valence-electron chi connectivity index (χ2n) is 8.15. The fourth-order valence-electron chi connectivity index (χ4n) is 4.42. The first kappa shape index (κ1) is 23.7. The topological polar surface area (TPSA) is 79.7 Å². The van der Waals surface area contributed by atoms with Crippen molar-refractivity contribution in [3.63, 3.8) is 0 Å². The highest BCUT2D eigenvalue weighted by molar-refractivity contribution is 5.94. The first-order chi connectivity index (χ1) is 15.2. The summed E-state index contributed by atoms with van der Waals surface area (Å²) in [4.78, 5) is 27.8. The average molecular weight is 450 g/mol. The van der Waals surface area contributed by atoms with Gasteiger partial charge in [0.15, 0.2) is 0 Å². The lowest BCUT2D eigenvalue weighted by molar-refractivity contribution is -0.192. The van der Waals surface area contributed by atoms with E-state index in [0.717, 1.165) is 37.2 Å². The van der Waals surface area contributed by atoms with E-state index in [1.807, 2.05) is 47.4 Å². The normalized spacial score (nSPS) is 22.1. The summed E-state index contributed by atoms with van der Waals surface area (Å²) in [6, 6.07) is 13.6. The van der Waals surface area contributed by atoms with E-state index in [1.54, 1.807) is 12.4 Å². The summed E-state index contributed by atoms with van der Waals surface area (Å²) in [5, 5.41) is 7.12. The van der Waals surface area contributed by atoms with E-state index in [-0.39, 0.29) is 11.3 Å². The van der Waals surface area contributed by atoms with Gasteiger partial charge in [-0.1, -0.05) is 24.6 Å². The van der Waals surface area contributed by atoms with Gasteiger partial charge in [0.2, 0.25) is 0 Å². The minimum absolute atomic E-state index is 0.136. The number of nitrogens with zero attached hydrogens (tertiary/aromatic N) is 2. The van der Waals surface area contributed by atoms with Gasteiger partial charge in [0.1, 0.15) is 0 Å².